The lowest BCUT2D eigenvalue weighted by Gasteiger charge is -2.09. The number of hydrogen-bond donors (Lipinski definition) is 2. The van der Waals surface area contributed by atoms with Crippen molar-refractivity contribution in [2.45, 2.75) is 6.18 Å². The summed E-state index contributed by atoms with van der Waals surface area (Å²) < 4.78 is 37.3. The first-order chi connectivity index (χ1) is 8.84. The molecule has 4 nitrogen and oxygen atoms in total. The lowest BCUT2D eigenvalue weighted by molar-refractivity contribution is -0.137. The fraction of sp³-hybridized carbons (Fsp3) is 0.273. The summed E-state index contributed by atoms with van der Waals surface area (Å²) in [7, 11) is 0. The molecule has 0 fully saturated rings. The fourth-order valence-corrected chi connectivity index (χ4v) is 1.30. The number of anilines is 1. The largest absolute Gasteiger partial charge is 0.416 e. The van der Waals surface area contributed by atoms with Gasteiger partial charge in [0.05, 0.1) is 5.56 Å². The summed E-state index contributed by atoms with van der Waals surface area (Å²) >= 11 is 5.31. The summed E-state index contributed by atoms with van der Waals surface area (Å²) in [5.41, 5.74) is -1.02. The smallest absolute Gasteiger partial charge is 0.347 e. The molecule has 19 heavy (non-hydrogen) atoms. The number of benzene rings is 1. The first kappa shape index (κ1) is 15.3. The zero-order valence-corrected chi connectivity index (χ0v) is 10.3. The first-order valence-corrected chi connectivity index (χ1v) is 5.70. The summed E-state index contributed by atoms with van der Waals surface area (Å²) in [6.45, 7) is 0.0937. The number of rotatable bonds is 3. The standard InChI is InChI=1S/C11H10ClF3N2O2/c12-4-5-16-9(18)10(19)17-8-3-1-2-7(6-8)11(13,14)15/h1-3,6H,4-5H2,(H,16,18)(H,17,19). The second-order valence-corrected chi connectivity index (χ2v) is 3.86. The van der Waals surface area contributed by atoms with Crippen LogP contribution in [-0.4, -0.2) is 24.2 Å². The van der Waals surface area contributed by atoms with Crippen LogP contribution in [0, 0.1) is 0 Å². The molecule has 1 aromatic rings. The molecule has 104 valence electrons. The number of carbonyl (C=O) groups excluding carboxylic acids is 2. The Balaban J connectivity index is 2.72. The first-order valence-electron chi connectivity index (χ1n) is 5.17. The molecule has 0 aliphatic heterocycles. The number of halogens is 4. The minimum absolute atomic E-state index is 0.0937. The maximum absolute atomic E-state index is 12.4. The molecule has 8 heteroatoms. The summed E-state index contributed by atoms with van der Waals surface area (Å²) in [5.74, 6) is -1.88. The van der Waals surface area contributed by atoms with Crippen molar-refractivity contribution in [3.8, 4) is 0 Å². The third-order valence-corrected chi connectivity index (χ3v) is 2.22. The Kier molecular flexibility index (Phi) is 5.17. The Morgan fingerprint density at radius 3 is 2.47 bits per heavy atom. The maximum atomic E-state index is 12.4. The van der Waals surface area contributed by atoms with Gasteiger partial charge in [-0.05, 0) is 18.2 Å². The van der Waals surface area contributed by atoms with Crippen LogP contribution in [0.4, 0.5) is 18.9 Å². The molecule has 0 saturated heterocycles. The third-order valence-electron chi connectivity index (χ3n) is 2.03. The van der Waals surface area contributed by atoms with Crippen LogP contribution in [0.1, 0.15) is 5.56 Å². The molecule has 2 N–H and O–H groups in total. The quantitative estimate of drug-likeness (QED) is 0.662. The third kappa shape index (κ3) is 4.78. The van der Waals surface area contributed by atoms with Crippen molar-refractivity contribution < 1.29 is 22.8 Å². The van der Waals surface area contributed by atoms with Gasteiger partial charge in [0, 0.05) is 18.1 Å². The van der Waals surface area contributed by atoms with Crippen LogP contribution in [0.2, 0.25) is 0 Å². The molecule has 0 unspecified atom stereocenters. The Labute approximate surface area is 111 Å². The van der Waals surface area contributed by atoms with E-state index in [0.29, 0.717) is 0 Å². The van der Waals surface area contributed by atoms with E-state index in [0.717, 1.165) is 18.2 Å². The Morgan fingerprint density at radius 2 is 1.89 bits per heavy atom. The lowest BCUT2D eigenvalue weighted by atomic mass is 10.2. The van der Waals surface area contributed by atoms with Crippen LogP contribution < -0.4 is 10.6 Å². The highest BCUT2D eigenvalue weighted by atomic mass is 35.5. The van der Waals surface area contributed by atoms with Crippen LogP contribution in [0.15, 0.2) is 24.3 Å². The molecular formula is C11H10ClF3N2O2. The van der Waals surface area contributed by atoms with Gasteiger partial charge in [-0.25, -0.2) is 0 Å². The molecule has 0 saturated carbocycles. The SMILES string of the molecule is O=C(NCCCl)C(=O)Nc1cccc(C(F)(F)F)c1. The molecule has 0 aromatic heterocycles. The Hall–Kier alpha value is -1.76. The van der Waals surface area contributed by atoms with Crippen molar-refractivity contribution in [3.05, 3.63) is 29.8 Å². The Morgan fingerprint density at radius 1 is 1.21 bits per heavy atom. The highest BCUT2D eigenvalue weighted by Crippen LogP contribution is 2.30. The molecule has 0 aliphatic rings. The van der Waals surface area contributed by atoms with Gasteiger partial charge in [-0.2, -0.15) is 13.2 Å². The predicted molar refractivity (Wildman–Crippen MR) is 63.8 cm³/mol. The minimum atomic E-state index is -4.51. The predicted octanol–water partition coefficient (Wildman–Crippen LogP) is 2.00. The van der Waals surface area contributed by atoms with Gasteiger partial charge in [0.25, 0.3) is 0 Å². The van der Waals surface area contributed by atoms with Gasteiger partial charge in [-0.15, -0.1) is 11.6 Å². The van der Waals surface area contributed by atoms with E-state index < -0.39 is 23.6 Å². The second kappa shape index (κ2) is 6.42. The van der Waals surface area contributed by atoms with E-state index in [1.54, 1.807) is 0 Å². The average molecular weight is 295 g/mol. The molecule has 0 radical (unpaired) electrons. The molecule has 0 atom stereocenters. The number of alkyl halides is 4. The minimum Gasteiger partial charge on any atom is -0.347 e. The lowest BCUT2D eigenvalue weighted by Crippen LogP contribution is -2.36. The molecule has 0 spiro atoms. The van der Waals surface area contributed by atoms with E-state index in [2.05, 4.69) is 10.6 Å². The van der Waals surface area contributed by atoms with Gasteiger partial charge in [0.15, 0.2) is 0 Å². The van der Waals surface area contributed by atoms with Crippen LogP contribution in [0.25, 0.3) is 0 Å². The van der Waals surface area contributed by atoms with Crippen molar-refractivity contribution in [2.24, 2.45) is 0 Å². The van der Waals surface area contributed by atoms with Crippen molar-refractivity contribution in [1.82, 2.24) is 5.32 Å². The zero-order chi connectivity index (χ0) is 14.5. The molecule has 0 bridgehead atoms. The van der Waals surface area contributed by atoms with Gasteiger partial charge in [0.1, 0.15) is 0 Å². The highest BCUT2D eigenvalue weighted by Gasteiger charge is 2.30. The van der Waals surface area contributed by atoms with Crippen LogP contribution in [-0.2, 0) is 15.8 Å². The highest BCUT2D eigenvalue weighted by molar-refractivity contribution is 6.39. The van der Waals surface area contributed by atoms with E-state index in [9.17, 15) is 22.8 Å². The number of nitrogens with one attached hydrogen (secondary N) is 2. The van der Waals surface area contributed by atoms with E-state index in [4.69, 9.17) is 11.6 Å². The van der Waals surface area contributed by atoms with Gasteiger partial charge >= 0.3 is 18.0 Å². The topological polar surface area (TPSA) is 58.2 Å². The van der Waals surface area contributed by atoms with Crippen molar-refractivity contribution in [3.63, 3.8) is 0 Å². The van der Waals surface area contributed by atoms with E-state index in [1.807, 2.05) is 0 Å². The van der Waals surface area contributed by atoms with Gasteiger partial charge in [-0.1, -0.05) is 6.07 Å². The molecule has 2 amide bonds. The zero-order valence-electron chi connectivity index (χ0n) is 9.55. The maximum Gasteiger partial charge on any atom is 0.416 e. The summed E-state index contributed by atoms with van der Waals surface area (Å²) in [6.07, 6.45) is -4.51. The van der Waals surface area contributed by atoms with Crippen molar-refractivity contribution in [1.29, 1.82) is 0 Å². The van der Waals surface area contributed by atoms with E-state index in [-0.39, 0.29) is 18.1 Å². The average Bonchev–Trinajstić information content (AvgIpc) is 2.35. The monoisotopic (exact) mass is 294 g/mol. The summed E-state index contributed by atoms with van der Waals surface area (Å²) in [5, 5.41) is 4.26. The van der Waals surface area contributed by atoms with Crippen LogP contribution in [0.5, 0.6) is 0 Å². The summed E-state index contributed by atoms with van der Waals surface area (Å²) in [6, 6.07) is 3.99. The fourth-order valence-electron chi connectivity index (χ4n) is 1.20. The van der Waals surface area contributed by atoms with Gasteiger partial charge in [0.2, 0.25) is 0 Å². The molecule has 0 heterocycles. The summed E-state index contributed by atoms with van der Waals surface area (Å²) in [4.78, 5) is 22.5. The number of carbonyl (C=O) groups is 2. The van der Waals surface area contributed by atoms with E-state index in [1.165, 1.54) is 6.07 Å². The normalized spacial score (nSPS) is 10.9. The van der Waals surface area contributed by atoms with Crippen molar-refractivity contribution in [2.75, 3.05) is 17.7 Å². The molecular weight excluding hydrogens is 285 g/mol. The Bertz CT molecular complexity index is 477. The molecule has 1 aromatic carbocycles. The molecule has 0 aliphatic carbocycles. The van der Waals surface area contributed by atoms with E-state index >= 15 is 0 Å². The number of hydrogen-bond acceptors (Lipinski definition) is 2. The second-order valence-electron chi connectivity index (χ2n) is 3.48. The van der Waals surface area contributed by atoms with Crippen molar-refractivity contribution >= 4 is 29.1 Å². The molecule has 1 rings (SSSR count). The van der Waals surface area contributed by atoms with Crippen LogP contribution >= 0.6 is 11.6 Å². The van der Waals surface area contributed by atoms with Gasteiger partial charge in [-0.3, -0.25) is 9.59 Å². The number of amides is 2. The van der Waals surface area contributed by atoms with Crippen LogP contribution in [0.3, 0.4) is 0 Å². The van der Waals surface area contributed by atoms with Gasteiger partial charge < -0.3 is 10.6 Å².